The van der Waals surface area contributed by atoms with Crippen LogP contribution in [0, 0.1) is 12.8 Å². The molecule has 0 aliphatic carbocycles. The summed E-state index contributed by atoms with van der Waals surface area (Å²) in [6.07, 6.45) is 3.19. The Hall–Kier alpha value is -1.63. The number of hydrogen-bond donors (Lipinski definition) is 0. The van der Waals surface area contributed by atoms with Crippen molar-refractivity contribution in [1.82, 2.24) is 9.55 Å². The van der Waals surface area contributed by atoms with E-state index in [-0.39, 0.29) is 11.7 Å². The first kappa shape index (κ1) is 20.6. The van der Waals surface area contributed by atoms with Crippen molar-refractivity contribution in [3.63, 3.8) is 0 Å². The van der Waals surface area contributed by atoms with Crippen LogP contribution in [0.2, 0.25) is 0 Å². The van der Waals surface area contributed by atoms with E-state index >= 15 is 0 Å². The van der Waals surface area contributed by atoms with Gasteiger partial charge in [0.2, 0.25) is 0 Å². The maximum atomic E-state index is 13.8. The lowest BCUT2D eigenvalue weighted by molar-refractivity contribution is 0.00200. The quantitative estimate of drug-likeness (QED) is 0.285. The summed E-state index contributed by atoms with van der Waals surface area (Å²) in [5.41, 5.74) is 3.23. The molecule has 2 aromatic heterocycles. The van der Waals surface area contributed by atoms with Crippen molar-refractivity contribution in [2.24, 2.45) is 5.92 Å². The predicted octanol–water partition coefficient (Wildman–Crippen LogP) is 5.75. The predicted molar refractivity (Wildman–Crippen MR) is 123 cm³/mol. The van der Waals surface area contributed by atoms with Crippen LogP contribution in [0.4, 0.5) is 0 Å². The number of aromatic nitrogens is 2. The summed E-state index contributed by atoms with van der Waals surface area (Å²) < 4.78 is 7.89. The zero-order chi connectivity index (χ0) is 20.5. The molecule has 4 rings (SSSR count). The molecule has 3 aromatic rings. The van der Waals surface area contributed by atoms with Crippen molar-refractivity contribution in [2.75, 3.05) is 5.75 Å². The van der Waals surface area contributed by atoms with E-state index < -0.39 is 0 Å². The molecule has 4 nitrogen and oxygen atoms in total. The van der Waals surface area contributed by atoms with Gasteiger partial charge in [0.1, 0.15) is 4.83 Å². The zero-order valence-corrected chi connectivity index (χ0v) is 19.2. The van der Waals surface area contributed by atoms with Crippen LogP contribution < -0.4 is 5.56 Å². The third-order valence-electron chi connectivity index (χ3n) is 5.54. The van der Waals surface area contributed by atoms with Gasteiger partial charge in [0.25, 0.3) is 5.56 Å². The van der Waals surface area contributed by atoms with Crippen molar-refractivity contribution >= 4 is 33.3 Å². The van der Waals surface area contributed by atoms with Gasteiger partial charge in [-0.25, -0.2) is 4.98 Å². The minimum Gasteiger partial charge on any atom is -0.372 e. The van der Waals surface area contributed by atoms with E-state index in [1.54, 1.807) is 23.1 Å². The van der Waals surface area contributed by atoms with Gasteiger partial charge in [-0.15, -0.1) is 11.3 Å². The second kappa shape index (κ2) is 8.62. The Morgan fingerprint density at radius 1 is 1.34 bits per heavy atom. The minimum atomic E-state index is 0.0604. The lowest BCUT2D eigenvalue weighted by Gasteiger charge is -2.26. The smallest absolute Gasteiger partial charge is 0.267 e. The van der Waals surface area contributed by atoms with Gasteiger partial charge in [0, 0.05) is 17.1 Å². The van der Waals surface area contributed by atoms with Gasteiger partial charge in [-0.1, -0.05) is 57.2 Å². The maximum absolute atomic E-state index is 13.8. The van der Waals surface area contributed by atoms with Crippen molar-refractivity contribution in [2.45, 2.75) is 64.8 Å². The molecule has 1 unspecified atom stereocenters. The molecular weight excluding hydrogens is 400 g/mol. The Labute approximate surface area is 180 Å². The summed E-state index contributed by atoms with van der Waals surface area (Å²) in [5.74, 6) is 1.39. The van der Waals surface area contributed by atoms with E-state index in [4.69, 9.17) is 9.72 Å². The third kappa shape index (κ3) is 3.90. The zero-order valence-electron chi connectivity index (χ0n) is 17.5. The van der Waals surface area contributed by atoms with Crippen LogP contribution in [0.25, 0.3) is 15.9 Å². The topological polar surface area (TPSA) is 44.1 Å². The number of para-hydroxylation sites is 1. The van der Waals surface area contributed by atoms with Crippen LogP contribution in [-0.2, 0) is 17.8 Å². The second-order valence-corrected chi connectivity index (χ2v) is 10.2. The highest BCUT2D eigenvalue weighted by molar-refractivity contribution is 7.99. The van der Waals surface area contributed by atoms with Crippen molar-refractivity contribution < 1.29 is 4.74 Å². The Kier molecular flexibility index (Phi) is 6.13. The van der Waals surface area contributed by atoms with E-state index in [0.29, 0.717) is 12.5 Å². The summed E-state index contributed by atoms with van der Waals surface area (Å²) in [5, 5.41) is 1.59. The van der Waals surface area contributed by atoms with Gasteiger partial charge in [0.05, 0.1) is 23.8 Å². The van der Waals surface area contributed by atoms with E-state index in [0.717, 1.165) is 62.1 Å². The van der Waals surface area contributed by atoms with Gasteiger partial charge in [-0.05, 0) is 36.5 Å². The largest absolute Gasteiger partial charge is 0.372 e. The molecule has 0 saturated carbocycles. The minimum absolute atomic E-state index is 0.0604. The second-order valence-electron chi connectivity index (χ2n) is 8.00. The Bertz CT molecular complexity index is 1080. The first-order valence-corrected chi connectivity index (χ1v) is 12.2. The summed E-state index contributed by atoms with van der Waals surface area (Å²) in [4.78, 5) is 20.8. The molecule has 29 heavy (non-hydrogen) atoms. The van der Waals surface area contributed by atoms with Crippen LogP contribution in [0.3, 0.4) is 0 Å². The standard InChI is InChI=1S/C23H28N2O2S2/c1-5-6-11-28-23-24-21-20(16-12-18(14(2)3)27-13-19(16)29-21)22(26)25(23)17-10-8-7-9-15(17)4/h7-10,14,18H,5-6,11-13H2,1-4H3. The Morgan fingerprint density at radius 2 is 2.14 bits per heavy atom. The number of thiophene rings is 1. The summed E-state index contributed by atoms with van der Waals surface area (Å²) >= 11 is 3.31. The van der Waals surface area contributed by atoms with E-state index in [2.05, 4.69) is 33.8 Å². The van der Waals surface area contributed by atoms with Crippen LogP contribution >= 0.6 is 23.1 Å². The molecule has 3 heterocycles. The summed E-state index contributed by atoms with van der Waals surface area (Å²) in [6.45, 7) is 9.18. The van der Waals surface area contributed by atoms with Crippen molar-refractivity contribution in [3.8, 4) is 5.69 Å². The number of benzene rings is 1. The first-order chi connectivity index (χ1) is 14.0. The highest BCUT2D eigenvalue weighted by Crippen LogP contribution is 2.36. The van der Waals surface area contributed by atoms with Gasteiger partial charge in [0.15, 0.2) is 5.16 Å². The fourth-order valence-corrected chi connectivity index (χ4v) is 6.02. The molecule has 1 aliphatic rings. The molecule has 0 saturated heterocycles. The number of ether oxygens (including phenoxy) is 1. The Morgan fingerprint density at radius 3 is 2.86 bits per heavy atom. The highest BCUT2D eigenvalue weighted by Gasteiger charge is 2.28. The van der Waals surface area contributed by atoms with Gasteiger partial charge >= 0.3 is 0 Å². The average molecular weight is 429 g/mol. The lowest BCUT2D eigenvalue weighted by Crippen LogP contribution is -2.28. The van der Waals surface area contributed by atoms with Gasteiger partial charge in [-0.3, -0.25) is 9.36 Å². The Balaban J connectivity index is 1.92. The molecule has 6 heteroatoms. The SMILES string of the molecule is CCCCSc1nc2sc3c(c2c(=O)n1-c1ccccc1C)CC(C(C)C)OC3. The molecule has 1 aliphatic heterocycles. The number of nitrogens with zero attached hydrogens (tertiary/aromatic N) is 2. The number of aryl methyl sites for hydroxylation is 1. The fraction of sp³-hybridized carbons (Fsp3) is 0.478. The van der Waals surface area contributed by atoms with Crippen LogP contribution in [-0.4, -0.2) is 21.4 Å². The molecule has 0 fully saturated rings. The van der Waals surface area contributed by atoms with E-state index in [9.17, 15) is 4.79 Å². The summed E-state index contributed by atoms with van der Waals surface area (Å²) in [6, 6.07) is 8.08. The molecular formula is C23H28N2O2S2. The molecule has 0 bridgehead atoms. The molecule has 0 N–H and O–H groups in total. The van der Waals surface area contributed by atoms with E-state index in [1.165, 1.54) is 0 Å². The van der Waals surface area contributed by atoms with Crippen molar-refractivity contribution in [1.29, 1.82) is 0 Å². The van der Waals surface area contributed by atoms with Crippen LogP contribution in [0.15, 0.2) is 34.2 Å². The number of rotatable bonds is 6. The lowest BCUT2D eigenvalue weighted by atomic mass is 9.96. The number of hydrogen-bond acceptors (Lipinski definition) is 5. The van der Waals surface area contributed by atoms with E-state index in [1.807, 2.05) is 22.8 Å². The highest BCUT2D eigenvalue weighted by atomic mass is 32.2. The summed E-state index contributed by atoms with van der Waals surface area (Å²) in [7, 11) is 0. The average Bonchev–Trinajstić information content (AvgIpc) is 3.07. The number of thioether (sulfide) groups is 1. The fourth-order valence-electron chi connectivity index (χ4n) is 3.77. The molecule has 0 radical (unpaired) electrons. The first-order valence-electron chi connectivity index (χ1n) is 10.4. The maximum Gasteiger partial charge on any atom is 0.267 e. The molecule has 154 valence electrons. The molecule has 1 atom stereocenters. The van der Waals surface area contributed by atoms with Gasteiger partial charge in [-0.2, -0.15) is 0 Å². The normalized spacial score (nSPS) is 16.5. The molecule has 1 aromatic carbocycles. The number of unbranched alkanes of at least 4 members (excludes halogenated alkanes) is 1. The molecule has 0 amide bonds. The number of fused-ring (bicyclic) bond motifs is 3. The monoisotopic (exact) mass is 428 g/mol. The molecule has 0 spiro atoms. The third-order valence-corrected chi connectivity index (χ3v) is 7.66. The van der Waals surface area contributed by atoms with Gasteiger partial charge < -0.3 is 4.74 Å². The van der Waals surface area contributed by atoms with Crippen LogP contribution in [0.5, 0.6) is 0 Å². The van der Waals surface area contributed by atoms with Crippen LogP contribution in [0.1, 0.15) is 49.6 Å². The van der Waals surface area contributed by atoms with Crippen molar-refractivity contribution in [3.05, 3.63) is 50.6 Å².